The molecule has 4 heteroatoms. The predicted molar refractivity (Wildman–Crippen MR) is 59.4 cm³/mol. The average molecular weight is 202 g/mol. The van der Waals surface area contributed by atoms with Crippen LogP contribution < -0.4 is 5.73 Å². The number of nitrogen functional groups attached to an aromatic ring is 1. The number of anilines is 1. The minimum atomic E-state index is 0.456. The summed E-state index contributed by atoms with van der Waals surface area (Å²) in [7, 11) is 1.79. The molecule has 78 valence electrons. The van der Waals surface area contributed by atoms with E-state index in [0.717, 1.165) is 12.2 Å². The first-order valence-electron chi connectivity index (χ1n) is 4.86. The van der Waals surface area contributed by atoms with Gasteiger partial charge in [-0.2, -0.15) is 10.1 Å². The highest BCUT2D eigenvalue weighted by molar-refractivity contribution is 5.26. The molecular weight excluding hydrogens is 188 g/mol. The second-order valence-corrected chi connectivity index (χ2v) is 3.68. The van der Waals surface area contributed by atoms with Crippen LogP contribution in [0.1, 0.15) is 17.0 Å². The third kappa shape index (κ3) is 2.15. The summed E-state index contributed by atoms with van der Waals surface area (Å²) < 4.78 is 1.59. The zero-order valence-electron chi connectivity index (χ0n) is 8.94. The number of hydrogen-bond acceptors (Lipinski definition) is 3. The molecule has 1 heterocycles. The molecule has 4 nitrogen and oxygen atoms in total. The minimum absolute atomic E-state index is 0.456. The molecule has 1 aromatic carbocycles. The number of aryl methyl sites for hydroxylation is 2. The van der Waals surface area contributed by atoms with E-state index in [1.54, 1.807) is 11.7 Å². The van der Waals surface area contributed by atoms with Gasteiger partial charge in [0.25, 0.3) is 0 Å². The lowest BCUT2D eigenvalue weighted by Gasteiger charge is -1.98. The van der Waals surface area contributed by atoms with Crippen molar-refractivity contribution in [1.29, 1.82) is 0 Å². The van der Waals surface area contributed by atoms with Crippen LogP contribution >= 0.6 is 0 Å². The molecule has 0 spiro atoms. The van der Waals surface area contributed by atoms with Crippen molar-refractivity contribution >= 4 is 5.95 Å². The largest absolute Gasteiger partial charge is 0.368 e. The van der Waals surface area contributed by atoms with Gasteiger partial charge < -0.3 is 5.73 Å². The number of benzene rings is 1. The lowest BCUT2D eigenvalue weighted by atomic mass is 10.1. The Balaban J connectivity index is 2.22. The molecule has 15 heavy (non-hydrogen) atoms. The van der Waals surface area contributed by atoms with Crippen LogP contribution in [0.2, 0.25) is 0 Å². The van der Waals surface area contributed by atoms with E-state index in [0.29, 0.717) is 5.95 Å². The molecule has 0 atom stereocenters. The molecule has 2 rings (SSSR count). The second kappa shape index (κ2) is 3.73. The number of nitrogens with two attached hydrogens (primary N) is 1. The molecule has 0 aliphatic rings. The highest BCUT2D eigenvalue weighted by Gasteiger charge is 2.04. The van der Waals surface area contributed by atoms with E-state index < -0.39 is 0 Å². The quantitative estimate of drug-likeness (QED) is 0.798. The van der Waals surface area contributed by atoms with Crippen molar-refractivity contribution < 1.29 is 0 Å². The van der Waals surface area contributed by atoms with Crippen molar-refractivity contribution in [3.63, 3.8) is 0 Å². The van der Waals surface area contributed by atoms with Crippen LogP contribution in [0, 0.1) is 6.92 Å². The van der Waals surface area contributed by atoms with Gasteiger partial charge in [-0.15, -0.1) is 0 Å². The molecular formula is C11H14N4. The van der Waals surface area contributed by atoms with Gasteiger partial charge in [-0.1, -0.05) is 29.8 Å². The van der Waals surface area contributed by atoms with E-state index in [1.165, 1.54) is 11.1 Å². The van der Waals surface area contributed by atoms with E-state index in [-0.39, 0.29) is 0 Å². The Labute approximate surface area is 88.8 Å². The van der Waals surface area contributed by atoms with Gasteiger partial charge in [-0.3, -0.25) is 0 Å². The van der Waals surface area contributed by atoms with Crippen LogP contribution in [0.3, 0.4) is 0 Å². The fourth-order valence-corrected chi connectivity index (χ4v) is 1.53. The second-order valence-electron chi connectivity index (χ2n) is 3.68. The summed E-state index contributed by atoms with van der Waals surface area (Å²) in [5.74, 6) is 1.22. The fourth-order valence-electron chi connectivity index (χ4n) is 1.53. The molecule has 0 aliphatic heterocycles. The van der Waals surface area contributed by atoms with Crippen molar-refractivity contribution in [2.75, 3.05) is 5.73 Å². The van der Waals surface area contributed by atoms with Crippen molar-refractivity contribution in [3.8, 4) is 0 Å². The van der Waals surface area contributed by atoms with Crippen molar-refractivity contribution in [3.05, 3.63) is 41.2 Å². The van der Waals surface area contributed by atoms with Crippen LogP contribution in [0.5, 0.6) is 0 Å². The third-order valence-corrected chi connectivity index (χ3v) is 2.29. The van der Waals surface area contributed by atoms with Crippen LogP contribution in [0.4, 0.5) is 5.95 Å². The van der Waals surface area contributed by atoms with E-state index in [1.807, 2.05) is 6.07 Å². The Bertz CT molecular complexity index is 454. The number of rotatable bonds is 2. The summed E-state index contributed by atoms with van der Waals surface area (Å²) in [4.78, 5) is 4.16. The topological polar surface area (TPSA) is 56.7 Å². The normalized spacial score (nSPS) is 10.5. The van der Waals surface area contributed by atoms with Gasteiger partial charge >= 0.3 is 0 Å². The van der Waals surface area contributed by atoms with E-state index >= 15 is 0 Å². The summed E-state index contributed by atoms with van der Waals surface area (Å²) in [6.45, 7) is 2.07. The van der Waals surface area contributed by atoms with Gasteiger partial charge in [0.2, 0.25) is 5.95 Å². The Morgan fingerprint density at radius 2 is 2.20 bits per heavy atom. The summed E-state index contributed by atoms with van der Waals surface area (Å²) in [5.41, 5.74) is 8.07. The lowest BCUT2D eigenvalue weighted by Crippen LogP contribution is -1.97. The average Bonchev–Trinajstić information content (AvgIpc) is 2.45. The molecule has 0 unspecified atom stereocenters. The van der Waals surface area contributed by atoms with Gasteiger partial charge in [0.05, 0.1) is 0 Å². The van der Waals surface area contributed by atoms with E-state index in [9.17, 15) is 0 Å². The SMILES string of the molecule is Cc1cccc(Cc2nc(N)n(C)n2)c1. The third-order valence-electron chi connectivity index (χ3n) is 2.29. The number of nitrogens with zero attached hydrogens (tertiary/aromatic N) is 3. The van der Waals surface area contributed by atoms with Crippen molar-refractivity contribution in [2.45, 2.75) is 13.3 Å². The Kier molecular flexibility index (Phi) is 2.41. The zero-order valence-corrected chi connectivity index (χ0v) is 8.94. The summed E-state index contributed by atoms with van der Waals surface area (Å²) in [6.07, 6.45) is 0.729. The van der Waals surface area contributed by atoms with Crippen LogP contribution in [0.15, 0.2) is 24.3 Å². The van der Waals surface area contributed by atoms with Crippen molar-refractivity contribution in [1.82, 2.24) is 14.8 Å². The number of aromatic nitrogens is 3. The molecule has 0 saturated carbocycles. The smallest absolute Gasteiger partial charge is 0.218 e. The predicted octanol–water partition coefficient (Wildman–Crippen LogP) is 1.30. The first kappa shape index (κ1) is 9.71. The summed E-state index contributed by atoms with van der Waals surface area (Å²) >= 11 is 0. The van der Waals surface area contributed by atoms with Crippen molar-refractivity contribution in [2.24, 2.45) is 7.05 Å². The lowest BCUT2D eigenvalue weighted by molar-refractivity contribution is 0.759. The van der Waals surface area contributed by atoms with E-state index in [2.05, 4.69) is 35.2 Å². The van der Waals surface area contributed by atoms with E-state index in [4.69, 9.17) is 5.73 Å². The minimum Gasteiger partial charge on any atom is -0.368 e. The molecule has 2 N–H and O–H groups in total. The fraction of sp³-hybridized carbons (Fsp3) is 0.273. The molecule has 0 bridgehead atoms. The summed E-state index contributed by atoms with van der Waals surface area (Å²) in [5, 5.41) is 4.22. The molecule has 0 fully saturated rings. The van der Waals surface area contributed by atoms with Gasteiger partial charge in [-0.05, 0) is 12.5 Å². The molecule has 0 aliphatic carbocycles. The summed E-state index contributed by atoms with van der Waals surface area (Å²) in [6, 6.07) is 8.31. The monoisotopic (exact) mass is 202 g/mol. The van der Waals surface area contributed by atoms with Gasteiger partial charge in [0.1, 0.15) is 0 Å². The van der Waals surface area contributed by atoms with Crippen LogP contribution in [-0.2, 0) is 13.5 Å². The highest BCUT2D eigenvalue weighted by atomic mass is 15.4. The molecule has 2 aromatic rings. The van der Waals surface area contributed by atoms with Crippen LogP contribution in [0.25, 0.3) is 0 Å². The first-order chi connectivity index (χ1) is 7.15. The highest BCUT2D eigenvalue weighted by Crippen LogP contribution is 2.09. The molecule has 0 saturated heterocycles. The molecule has 0 radical (unpaired) electrons. The zero-order chi connectivity index (χ0) is 10.8. The Morgan fingerprint density at radius 1 is 1.40 bits per heavy atom. The Morgan fingerprint density at radius 3 is 2.80 bits per heavy atom. The maximum Gasteiger partial charge on any atom is 0.218 e. The maximum absolute atomic E-state index is 5.61. The molecule has 1 aromatic heterocycles. The van der Waals surface area contributed by atoms with Gasteiger partial charge in [-0.25, -0.2) is 4.68 Å². The maximum atomic E-state index is 5.61. The van der Waals surface area contributed by atoms with Gasteiger partial charge in [0, 0.05) is 13.5 Å². The van der Waals surface area contributed by atoms with Gasteiger partial charge in [0.15, 0.2) is 5.82 Å². The first-order valence-corrected chi connectivity index (χ1v) is 4.86. The Hall–Kier alpha value is -1.84. The van der Waals surface area contributed by atoms with Crippen LogP contribution in [-0.4, -0.2) is 14.8 Å². The standard InChI is InChI=1S/C11H14N4/c1-8-4-3-5-9(6-8)7-10-13-11(12)15(2)14-10/h3-6H,7H2,1-2H3,(H2,12,13,14). The molecule has 0 amide bonds. The number of hydrogen-bond donors (Lipinski definition) is 1.